The SMILES string of the molecule is CCOC(C)Oc1cc(CC)cc(OC)c1OC(C)=O. The molecule has 1 aromatic rings. The van der Waals surface area contributed by atoms with E-state index in [0.29, 0.717) is 18.1 Å². The zero-order chi connectivity index (χ0) is 15.1. The Morgan fingerprint density at radius 3 is 2.40 bits per heavy atom. The van der Waals surface area contributed by atoms with E-state index in [1.807, 2.05) is 26.0 Å². The first kappa shape index (κ1) is 16.3. The summed E-state index contributed by atoms with van der Waals surface area (Å²) in [5.41, 5.74) is 1.02. The maximum Gasteiger partial charge on any atom is 0.308 e. The lowest BCUT2D eigenvalue weighted by atomic mass is 10.1. The third kappa shape index (κ3) is 4.42. The number of carbonyl (C=O) groups excluding carboxylic acids is 1. The van der Waals surface area contributed by atoms with Crippen LogP contribution in [-0.4, -0.2) is 26.0 Å². The van der Waals surface area contributed by atoms with E-state index in [1.54, 1.807) is 6.92 Å². The van der Waals surface area contributed by atoms with Crippen molar-refractivity contribution in [3.8, 4) is 17.2 Å². The van der Waals surface area contributed by atoms with E-state index in [1.165, 1.54) is 14.0 Å². The van der Waals surface area contributed by atoms with Gasteiger partial charge in [0.2, 0.25) is 5.75 Å². The minimum atomic E-state index is -0.439. The molecular formula is C15H22O5. The summed E-state index contributed by atoms with van der Waals surface area (Å²) in [6.45, 7) is 7.57. The molecule has 1 aromatic carbocycles. The van der Waals surface area contributed by atoms with Gasteiger partial charge in [-0.2, -0.15) is 0 Å². The van der Waals surface area contributed by atoms with Crippen molar-refractivity contribution in [3.63, 3.8) is 0 Å². The van der Waals surface area contributed by atoms with E-state index >= 15 is 0 Å². The van der Waals surface area contributed by atoms with Crippen molar-refractivity contribution in [3.05, 3.63) is 17.7 Å². The van der Waals surface area contributed by atoms with Gasteiger partial charge in [-0.25, -0.2) is 0 Å². The summed E-state index contributed by atoms with van der Waals surface area (Å²) >= 11 is 0. The van der Waals surface area contributed by atoms with Crippen LogP contribution in [0.5, 0.6) is 17.2 Å². The Kier molecular flexibility index (Phi) is 6.31. The average Bonchev–Trinajstić information content (AvgIpc) is 2.40. The second kappa shape index (κ2) is 7.75. The maximum absolute atomic E-state index is 11.2. The summed E-state index contributed by atoms with van der Waals surface area (Å²) in [4.78, 5) is 11.2. The van der Waals surface area contributed by atoms with Gasteiger partial charge in [-0.05, 0) is 38.0 Å². The first-order chi connectivity index (χ1) is 9.51. The Labute approximate surface area is 119 Å². The Balaban J connectivity index is 3.17. The molecule has 0 bridgehead atoms. The maximum atomic E-state index is 11.2. The molecule has 0 N–H and O–H groups in total. The zero-order valence-electron chi connectivity index (χ0n) is 12.7. The summed E-state index contributed by atoms with van der Waals surface area (Å²) in [5.74, 6) is 0.765. The molecular weight excluding hydrogens is 260 g/mol. The molecule has 0 heterocycles. The number of carbonyl (C=O) groups is 1. The van der Waals surface area contributed by atoms with Gasteiger partial charge in [0.25, 0.3) is 0 Å². The third-order valence-electron chi connectivity index (χ3n) is 2.65. The highest BCUT2D eigenvalue weighted by molar-refractivity contribution is 5.72. The van der Waals surface area contributed by atoms with E-state index in [2.05, 4.69) is 0 Å². The molecule has 0 aliphatic carbocycles. The minimum absolute atomic E-state index is 0.281. The summed E-state index contributed by atoms with van der Waals surface area (Å²) in [5, 5.41) is 0. The van der Waals surface area contributed by atoms with Crippen LogP contribution in [0, 0.1) is 0 Å². The molecule has 0 amide bonds. The van der Waals surface area contributed by atoms with E-state index in [4.69, 9.17) is 18.9 Å². The van der Waals surface area contributed by atoms with Crippen molar-refractivity contribution in [1.82, 2.24) is 0 Å². The third-order valence-corrected chi connectivity index (χ3v) is 2.65. The molecule has 1 rings (SSSR count). The van der Waals surface area contributed by atoms with Gasteiger partial charge < -0.3 is 18.9 Å². The van der Waals surface area contributed by atoms with Gasteiger partial charge in [0.1, 0.15) is 0 Å². The number of aryl methyl sites for hydroxylation is 1. The standard InChI is InChI=1S/C15H22O5/c1-6-12-8-13(17-5)15(19-10(3)16)14(9-12)20-11(4)18-7-2/h8-9,11H,6-7H2,1-5H3. The quantitative estimate of drug-likeness (QED) is 0.437. The van der Waals surface area contributed by atoms with Gasteiger partial charge >= 0.3 is 5.97 Å². The van der Waals surface area contributed by atoms with Gasteiger partial charge in [0.05, 0.1) is 7.11 Å². The van der Waals surface area contributed by atoms with Crippen molar-refractivity contribution in [2.75, 3.05) is 13.7 Å². The molecule has 0 fully saturated rings. The molecule has 0 aromatic heterocycles. The summed E-state index contributed by atoms with van der Waals surface area (Å²) < 4.78 is 21.5. The van der Waals surface area contributed by atoms with Gasteiger partial charge in [-0.1, -0.05) is 6.92 Å². The smallest absolute Gasteiger partial charge is 0.308 e. The molecule has 5 nitrogen and oxygen atoms in total. The van der Waals surface area contributed by atoms with Crippen molar-refractivity contribution in [2.24, 2.45) is 0 Å². The van der Waals surface area contributed by atoms with Crippen LogP contribution in [0.3, 0.4) is 0 Å². The van der Waals surface area contributed by atoms with Crippen molar-refractivity contribution >= 4 is 5.97 Å². The number of hydrogen-bond acceptors (Lipinski definition) is 5. The number of esters is 1. The lowest BCUT2D eigenvalue weighted by Gasteiger charge is -2.19. The van der Waals surface area contributed by atoms with Crippen molar-refractivity contribution in [2.45, 2.75) is 40.4 Å². The fourth-order valence-corrected chi connectivity index (χ4v) is 1.77. The second-order valence-electron chi connectivity index (χ2n) is 4.21. The largest absolute Gasteiger partial charge is 0.493 e. The molecule has 1 atom stereocenters. The highest BCUT2D eigenvalue weighted by atomic mass is 16.7. The molecule has 0 aliphatic heterocycles. The minimum Gasteiger partial charge on any atom is -0.493 e. The highest BCUT2D eigenvalue weighted by Gasteiger charge is 2.18. The topological polar surface area (TPSA) is 54.0 Å². The van der Waals surface area contributed by atoms with E-state index < -0.39 is 12.3 Å². The zero-order valence-corrected chi connectivity index (χ0v) is 12.7. The summed E-state index contributed by atoms with van der Waals surface area (Å²) in [7, 11) is 1.53. The van der Waals surface area contributed by atoms with Crippen LogP contribution in [0.1, 0.15) is 33.3 Å². The van der Waals surface area contributed by atoms with Crippen molar-refractivity contribution in [1.29, 1.82) is 0 Å². The predicted molar refractivity (Wildman–Crippen MR) is 75.4 cm³/mol. The Hall–Kier alpha value is -1.75. The van der Waals surface area contributed by atoms with Crippen LogP contribution in [0.4, 0.5) is 0 Å². The monoisotopic (exact) mass is 282 g/mol. The van der Waals surface area contributed by atoms with E-state index in [-0.39, 0.29) is 5.75 Å². The fourth-order valence-electron chi connectivity index (χ4n) is 1.77. The lowest BCUT2D eigenvalue weighted by Crippen LogP contribution is -2.17. The lowest BCUT2D eigenvalue weighted by molar-refractivity contribution is -0.132. The molecule has 0 spiro atoms. The normalized spacial score (nSPS) is 11.8. The van der Waals surface area contributed by atoms with E-state index in [9.17, 15) is 4.79 Å². The Morgan fingerprint density at radius 1 is 1.25 bits per heavy atom. The molecule has 0 saturated carbocycles. The predicted octanol–water partition coefficient (Wildman–Crippen LogP) is 2.94. The first-order valence-corrected chi connectivity index (χ1v) is 6.69. The molecule has 20 heavy (non-hydrogen) atoms. The number of benzene rings is 1. The second-order valence-corrected chi connectivity index (χ2v) is 4.21. The molecule has 1 unspecified atom stereocenters. The van der Waals surface area contributed by atoms with Crippen molar-refractivity contribution < 1.29 is 23.7 Å². The molecule has 5 heteroatoms. The summed E-state index contributed by atoms with van der Waals surface area (Å²) in [6, 6.07) is 3.66. The number of hydrogen-bond donors (Lipinski definition) is 0. The fraction of sp³-hybridized carbons (Fsp3) is 0.533. The van der Waals surface area contributed by atoms with Crippen LogP contribution in [-0.2, 0) is 16.0 Å². The average molecular weight is 282 g/mol. The Morgan fingerprint density at radius 2 is 1.90 bits per heavy atom. The number of ether oxygens (including phenoxy) is 4. The van der Waals surface area contributed by atoms with Crippen LogP contribution in [0.15, 0.2) is 12.1 Å². The Bertz CT molecular complexity index is 456. The molecule has 0 saturated heterocycles. The van der Waals surface area contributed by atoms with Gasteiger partial charge in [0, 0.05) is 13.5 Å². The number of methoxy groups -OCH3 is 1. The van der Waals surface area contributed by atoms with Gasteiger partial charge in [-0.3, -0.25) is 4.79 Å². The van der Waals surface area contributed by atoms with Gasteiger partial charge in [-0.15, -0.1) is 0 Å². The van der Waals surface area contributed by atoms with Crippen LogP contribution in [0.2, 0.25) is 0 Å². The first-order valence-electron chi connectivity index (χ1n) is 6.69. The van der Waals surface area contributed by atoms with Gasteiger partial charge in [0.15, 0.2) is 17.8 Å². The molecule has 0 aliphatic rings. The van der Waals surface area contributed by atoms with Crippen LogP contribution >= 0.6 is 0 Å². The molecule has 0 radical (unpaired) electrons. The van der Waals surface area contributed by atoms with Crippen LogP contribution < -0.4 is 14.2 Å². The van der Waals surface area contributed by atoms with E-state index in [0.717, 1.165) is 12.0 Å². The highest BCUT2D eigenvalue weighted by Crippen LogP contribution is 2.39. The molecule has 112 valence electrons. The number of rotatable bonds is 7. The summed E-state index contributed by atoms with van der Waals surface area (Å²) in [6.07, 6.45) is 0.377. The van der Waals surface area contributed by atoms with Crippen LogP contribution in [0.25, 0.3) is 0 Å².